The molecule has 5 heteroatoms. The number of aliphatic hydroxyl groups is 1. The summed E-state index contributed by atoms with van der Waals surface area (Å²) in [5.74, 6) is 1.38. The van der Waals surface area contributed by atoms with Gasteiger partial charge in [0.2, 0.25) is 5.89 Å². The van der Waals surface area contributed by atoms with E-state index >= 15 is 0 Å². The fourth-order valence-corrected chi connectivity index (χ4v) is 1.15. The average Bonchev–Trinajstić information content (AvgIpc) is 2.63. The third kappa shape index (κ3) is 3.85. The van der Waals surface area contributed by atoms with Gasteiger partial charge in [0.05, 0.1) is 0 Å². The van der Waals surface area contributed by atoms with Crippen LogP contribution in [0.4, 0.5) is 0 Å². The van der Waals surface area contributed by atoms with Crippen LogP contribution in [0.25, 0.3) is 0 Å². The summed E-state index contributed by atoms with van der Waals surface area (Å²) in [6.07, 6.45) is 3.19. The highest BCUT2D eigenvalue weighted by molar-refractivity contribution is 4.86. The van der Waals surface area contributed by atoms with Crippen molar-refractivity contribution in [3.8, 4) is 0 Å². The molecule has 0 aliphatic carbocycles. The molecule has 0 aliphatic rings. The molecule has 0 saturated heterocycles. The smallest absolute Gasteiger partial charge is 0.226 e. The topological polar surface area (TPSA) is 71.2 Å². The number of nitrogens with zero attached hydrogens (tertiary/aromatic N) is 2. The minimum absolute atomic E-state index is 0.164. The maximum Gasteiger partial charge on any atom is 0.226 e. The van der Waals surface area contributed by atoms with E-state index in [9.17, 15) is 0 Å². The van der Waals surface area contributed by atoms with Crippen molar-refractivity contribution >= 4 is 0 Å². The summed E-state index contributed by atoms with van der Waals surface area (Å²) in [6, 6.07) is 0. The van der Waals surface area contributed by atoms with Crippen LogP contribution < -0.4 is 5.32 Å². The van der Waals surface area contributed by atoms with Crippen molar-refractivity contribution in [2.24, 2.45) is 0 Å². The molecule has 0 fully saturated rings. The zero-order valence-corrected chi connectivity index (χ0v) is 8.49. The molecule has 1 aromatic rings. The molecule has 0 aromatic carbocycles. The van der Waals surface area contributed by atoms with Crippen molar-refractivity contribution in [3.63, 3.8) is 0 Å². The maximum absolute atomic E-state index is 8.61. The number of hydrogen-bond acceptors (Lipinski definition) is 5. The van der Waals surface area contributed by atoms with E-state index in [1.165, 1.54) is 0 Å². The molecule has 0 radical (unpaired) electrons. The van der Waals surface area contributed by atoms with E-state index in [4.69, 9.17) is 9.63 Å². The molecule has 0 unspecified atom stereocenters. The Morgan fingerprint density at radius 3 is 2.93 bits per heavy atom. The van der Waals surface area contributed by atoms with E-state index in [0.29, 0.717) is 18.7 Å². The van der Waals surface area contributed by atoms with Gasteiger partial charge in [0.15, 0.2) is 5.82 Å². The molecule has 1 rings (SSSR count). The Bertz CT molecular complexity index is 250. The molecule has 5 nitrogen and oxygen atoms in total. The SMILES string of the molecule is CNCCCc1noc(CCCO)n1. The van der Waals surface area contributed by atoms with Gasteiger partial charge in [0.1, 0.15) is 0 Å². The lowest BCUT2D eigenvalue weighted by Gasteiger charge is -1.93. The van der Waals surface area contributed by atoms with E-state index < -0.39 is 0 Å². The highest BCUT2D eigenvalue weighted by atomic mass is 16.5. The van der Waals surface area contributed by atoms with Gasteiger partial charge in [-0.2, -0.15) is 4.98 Å². The van der Waals surface area contributed by atoms with E-state index in [-0.39, 0.29) is 6.61 Å². The normalized spacial score (nSPS) is 10.7. The van der Waals surface area contributed by atoms with Gasteiger partial charge in [0, 0.05) is 19.4 Å². The van der Waals surface area contributed by atoms with Crippen LogP contribution in [-0.4, -0.2) is 35.4 Å². The molecule has 2 N–H and O–H groups in total. The average molecular weight is 199 g/mol. The molecule has 0 saturated carbocycles. The monoisotopic (exact) mass is 199 g/mol. The zero-order valence-electron chi connectivity index (χ0n) is 8.49. The Hall–Kier alpha value is -0.940. The molecule has 0 amide bonds. The minimum atomic E-state index is 0.164. The first kappa shape index (κ1) is 11.1. The summed E-state index contributed by atoms with van der Waals surface area (Å²) < 4.78 is 5.00. The molecule has 80 valence electrons. The summed E-state index contributed by atoms with van der Waals surface area (Å²) in [5.41, 5.74) is 0. The predicted octanol–water partition coefficient (Wildman–Crippen LogP) is 0.146. The van der Waals surface area contributed by atoms with Crippen LogP contribution in [0, 0.1) is 0 Å². The highest BCUT2D eigenvalue weighted by Gasteiger charge is 2.04. The molecule has 14 heavy (non-hydrogen) atoms. The number of rotatable bonds is 7. The van der Waals surface area contributed by atoms with Crippen molar-refractivity contribution in [1.29, 1.82) is 0 Å². The Kier molecular flexibility index (Phi) is 5.17. The second-order valence-electron chi connectivity index (χ2n) is 3.14. The first-order valence-corrected chi connectivity index (χ1v) is 4.93. The quantitative estimate of drug-likeness (QED) is 0.611. The third-order valence-corrected chi connectivity index (χ3v) is 1.89. The summed E-state index contributed by atoms with van der Waals surface area (Å²) in [5, 5.41) is 15.5. The minimum Gasteiger partial charge on any atom is -0.396 e. The van der Waals surface area contributed by atoms with E-state index in [1.54, 1.807) is 0 Å². The number of nitrogens with one attached hydrogen (secondary N) is 1. The summed E-state index contributed by atoms with van der Waals surface area (Å²) in [6.45, 7) is 1.12. The molecule has 0 aliphatic heterocycles. The van der Waals surface area contributed by atoms with Gasteiger partial charge < -0.3 is 14.9 Å². The van der Waals surface area contributed by atoms with Crippen molar-refractivity contribution in [2.45, 2.75) is 25.7 Å². The third-order valence-electron chi connectivity index (χ3n) is 1.89. The van der Waals surface area contributed by atoms with E-state index in [0.717, 1.165) is 25.2 Å². The van der Waals surface area contributed by atoms with Crippen molar-refractivity contribution in [1.82, 2.24) is 15.5 Å². The molecular formula is C9H17N3O2. The molecule has 0 bridgehead atoms. The Balaban J connectivity index is 2.27. The number of aryl methyl sites for hydroxylation is 2. The predicted molar refractivity (Wildman–Crippen MR) is 52.0 cm³/mol. The van der Waals surface area contributed by atoms with Gasteiger partial charge in [-0.1, -0.05) is 5.16 Å². The van der Waals surface area contributed by atoms with Crippen molar-refractivity contribution in [2.75, 3.05) is 20.2 Å². The lowest BCUT2D eigenvalue weighted by Crippen LogP contribution is -2.08. The van der Waals surface area contributed by atoms with Gasteiger partial charge in [-0.25, -0.2) is 0 Å². The van der Waals surface area contributed by atoms with Crippen LogP contribution in [0.15, 0.2) is 4.52 Å². The first-order chi connectivity index (χ1) is 6.86. The van der Waals surface area contributed by atoms with Crippen LogP contribution in [-0.2, 0) is 12.8 Å². The maximum atomic E-state index is 8.61. The first-order valence-electron chi connectivity index (χ1n) is 4.93. The molecule has 1 heterocycles. The van der Waals surface area contributed by atoms with Gasteiger partial charge >= 0.3 is 0 Å². The lowest BCUT2D eigenvalue weighted by atomic mass is 10.3. The van der Waals surface area contributed by atoms with Gasteiger partial charge in [-0.05, 0) is 26.4 Å². The zero-order chi connectivity index (χ0) is 10.2. The van der Waals surface area contributed by atoms with Crippen LogP contribution in [0.2, 0.25) is 0 Å². The van der Waals surface area contributed by atoms with Crippen LogP contribution in [0.5, 0.6) is 0 Å². The molecular weight excluding hydrogens is 182 g/mol. The molecule has 1 aromatic heterocycles. The standard InChI is InChI=1S/C9H17N3O2/c1-10-6-2-4-8-11-9(14-12-8)5-3-7-13/h10,13H,2-7H2,1H3. The Morgan fingerprint density at radius 1 is 1.36 bits per heavy atom. The largest absolute Gasteiger partial charge is 0.396 e. The second-order valence-corrected chi connectivity index (χ2v) is 3.14. The van der Waals surface area contributed by atoms with Crippen LogP contribution in [0.1, 0.15) is 24.6 Å². The summed E-state index contributed by atoms with van der Waals surface area (Å²) in [4.78, 5) is 4.20. The van der Waals surface area contributed by atoms with E-state index in [2.05, 4.69) is 15.5 Å². The second kappa shape index (κ2) is 6.50. The van der Waals surface area contributed by atoms with Gasteiger partial charge in [-0.3, -0.25) is 0 Å². The van der Waals surface area contributed by atoms with Gasteiger partial charge in [0.25, 0.3) is 0 Å². The highest BCUT2D eigenvalue weighted by Crippen LogP contribution is 2.02. The Labute approximate surface area is 83.5 Å². The fraction of sp³-hybridized carbons (Fsp3) is 0.778. The number of aliphatic hydroxyl groups excluding tert-OH is 1. The lowest BCUT2D eigenvalue weighted by molar-refractivity contribution is 0.278. The van der Waals surface area contributed by atoms with Crippen molar-refractivity contribution < 1.29 is 9.63 Å². The van der Waals surface area contributed by atoms with E-state index in [1.807, 2.05) is 7.05 Å². The summed E-state index contributed by atoms with van der Waals surface area (Å²) >= 11 is 0. The van der Waals surface area contributed by atoms with Crippen molar-refractivity contribution in [3.05, 3.63) is 11.7 Å². The molecule has 0 spiro atoms. The number of aromatic nitrogens is 2. The van der Waals surface area contributed by atoms with Crippen LogP contribution >= 0.6 is 0 Å². The van der Waals surface area contributed by atoms with Gasteiger partial charge in [-0.15, -0.1) is 0 Å². The summed E-state index contributed by atoms with van der Waals surface area (Å²) in [7, 11) is 1.92. The molecule has 0 atom stereocenters. The fourth-order valence-electron chi connectivity index (χ4n) is 1.15. The Morgan fingerprint density at radius 2 is 2.21 bits per heavy atom. The van der Waals surface area contributed by atoms with Crippen LogP contribution in [0.3, 0.4) is 0 Å². The number of hydrogen-bond donors (Lipinski definition) is 2.